The highest BCUT2D eigenvalue weighted by Gasteiger charge is 2.08. The van der Waals surface area contributed by atoms with Crippen molar-refractivity contribution in [2.45, 2.75) is 12.8 Å². The van der Waals surface area contributed by atoms with Gasteiger partial charge in [-0.3, -0.25) is 20.6 Å². The van der Waals surface area contributed by atoms with Crippen molar-refractivity contribution in [2.24, 2.45) is 4.99 Å². The second-order valence-corrected chi connectivity index (χ2v) is 4.16. The standard InChI is InChI=1S/C13H18N4O2/c1-19-11-6-3-2-5-10(11)15-9-13(18)17-16-12-7-4-8-14-12/h2-3,5-6,15H,4,7-9H2,1H3,(H,14,16)(H,17,18). The summed E-state index contributed by atoms with van der Waals surface area (Å²) in [6, 6.07) is 7.46. The molecule has 1 aliphatic rings. The van der Waals surface area contributed by atoms with Crippen molar-refractivity contribution in [3.63, 3.8) is 0 Å². The fourth-order valence-corrected chi connectivity index (χ4v) is 1.79. The average molecular weight is 262 g/mol. The molecule has 0 saturated carbocycles. The average Bonchev–Trinajstić information content (AvgIpc) is 2.96. The van der Waals surface area contributed by atoms with Crippen LogP contribution in [0, 0.1) is 0 Å². The predicted molar refractivity (Wildman–Crippen MR) is 74.3 cm³/mol. The summed E-state index contributed by atoms with van der Waals surface area (Å²) in [6.07, 6.45) is 1.93. The number of hydrogen-bond acceptors (Lipinski definition) is 5. The van der Waals surface area contributed by atoms with Crippen molar-refractivity contribution >= 4 is 17.4 Å². The molecule has 0 bridgehead atoms. The van der Waals surface area contributed by atoms with E-state index in [1.807, 2.05) is 24.3 Å². The number of amidine groups is 1. The van der Waals surface area contributed by atoms with Gasteiger partial charge in [0.1, 0.15) is 11.6 Å². The monoisotopic (exact) mass is 262 g/mol. The Bertz CT molecular complexity index is 473. The largest absolute Gasteiger partial charge is 0.495 e. The van der Waals surface area contributed by atoms with E-state index in [0.29, 0.717) is 5.75 Å². The molecule has 3 N–H and O–H groups in total. The van der Waals surface area contributed by atoms with Crippen LogP contribution in [-0.2, 0) is 4.79 Å². The van der Waals surface area contributed by atoms with E-state index in [0.717, 1.165) is 30.9 Å². The summed E-state index contributed by atoms with van der Waals surface area (Å²) in [7, 11) is 1.60. The molecule has 1 aliphatic heterocycles. The maximum absolute atomic E-state index is 11.6. The van der Waals surface area contributed by atoms with E-state index in [1.54, 1.807) is 7.11 Å². The molecule has 6 heteroatoms. The number of carbonyl (C=O) groups is 1. The lowest BCUT2D eigenvalue weighted by molar-refractivity contribution is -0.119. The Morgan fingerprint density at radius 2 is 2.26 bits per heavy atom. The number of nitrogens with zero attached hydrogens (tertiary/aromatic N) is 1. The topological polar surface area (TPSA) is 74.8 Å². The second kappa shape index (κ2) is 6.63. The predicted octanol–water partition coefficient (Wildman–Crippen LogP) is 0.920. The van der Waals surface area contributed by atoms with Crippen molar-refractivity contribution < 1.29 is 9.53 Å². The Morgan fingerprint density at radius 1 is 1.42 bits per heavy atom. The van der Waals surface area contributed by atoms with Gasteiger partial charge < -0.3 is 10.1 Å². The van der Waals surface area contributed by atoms with E-state index < -0.39 is 0 Å². The van der Waals surface area contributed by atoms with Gasteiger partial charge in [0.05, 0.1) is 19.3 Å². The lowest BCUT2D eigenvalue weighted by Gasteiger charge is -2.11. The third kappa shape index (κ3) is 3.87. The van der Waals surface area contributed by atoms with E-state index in [4.69, 9.17) is 4.74 Å². The van der Waals surface area contributed by atoms with E-state index in [9.17, 15) is 4.79 Å². The molecule has 0 aliphatic carbocycles. The fraction of sp³-hybridized carbons (Fsp3) is 0.385. The molecule has 1 aromatic rings. The van der Waals surface area contributed by atoms with E-state index in [2.05, 4.69) is 21.2 Å². The maximum Gasteiger partial charge on any atom is 0.257 e. The van der Waals surface area contributed by atoms with Crippen LogP contribution >= 0.6 is 0 Å². The third-order valence-corrected chi connectivity index (χ3v) is 2.77. The molecule has 1 aromatic carbocycles. The number of hydrogen-bond donors (Lipinski definition) is 3. The van der Waals surface area contributed by atoms with Gasteiger partial charge in [-0.1, -0.05) is 12.1 Å². The molecule has 2 rings (SSSR count). The van der Waals surface area contributed by atoms with Crippen LogP contribution in [0.15, 0.2) is 29.3 Å². The molecule has 0 unspecified atom stereocenters. The molecule has 0 aromatic heterocycles. The molecule has 0 saturated heterocycles. The van der Waals surface area contributed by atoms with Gasteiger partial charge in [0, 0.05) is 13.0 Å². The van der Waals surface area contributed by atoms with Gasteiger partial charge in [-0.25, -0.2) is 0 Å². The number of nitrogens with one attached hydrogen (secondary N) is 3. The van der Waals surface area contributed by atoms with Crippen molar-refractivity contribution in [1.29, 1.82) is 0 Å². The normalized spacial score (nSPS) is 13.6. The summed E-state index contributed by atoms with van der Waals surface area (Å²) in [5.74, 6) is 1.40. The summed E-state index contributed by atoms with van der Waals surface area (Å²) in [5.41, 5.74) is 6.22. The Kier molecular flexibility index (Phi) is 4.60. The highest BCUT2D eigenvalue weighted by Crippen LogP contribution is 2.22. The van der Waals surface area contributed by atoms with Crippen molar-refractivity contribution in [3.8, 4) is 5.75 Å². The van der Waals surface area contributed by atoms with E-state index >= 15 is 0 Å². The Hall–Kier alpha value is -2.24. The third-order valence-electron chi connectivity index (χ3n) is 2.77. The highest BCUT2D eigenvalue weighted by molar-refractivity contribution is 5.87. The SMILES string of the molecule is COc1ccccc1NCC(=O)NNC1=NCCC1. The molecule has 0 atom stereocenters. The van der Waals surface area contributed by atoms with Crippen LogP contribution in [-0.4, -0.2) is 31.9 Å². The molecule has 0 radical (unpaired) electrons. The minimum absolute atomic E-state index is 0.152. The molecule has 102 valence electrons. The molecule has 1 amide bonds. The summed E-state index contributed by atoms with van der Waals surface area (Å²) in [5, 5.41) is 3.02. The first-order valence-electron chi connectivity index (χ1n) is 6.24. The highest BCUT2D eigenvalue weighted by atomic mass is 16.5. The van der Waals surface area contributed by atoms with Gasteiger partial charge in [-0.05, 0) is 18.6 Å². The smallest absolute Gasteiger partial charge is 0.257 e. The molecular formula is C13H18N4O2. The lowest BCUT2D eigenvalue weighted by atomic mass is 10.3. The molecular weight excluding hydrogens is 244 g/mol. The van der Waals surface area contributed by atoms with Crippen LogP contribution in [0.4, 0.5) is 5.69 Å². The van der Waals surface area contributed by atoms with Crippen LogP contribution in [0.5, 0.6) is 5.75 Å². The number of ether oxygens (including phenoxy) is 1. The number of aliphatic imine (C=N–C) groups is 1. The molecule has 1 heterocycles. The first-order chi connectivity index (χ1) is 9.29. The number of carbonyl (C=O) groups excluding carboxylic acids is 1. The Labute approximate surface area is 112 Å². The van der Waals surface area contributed by atoms with E-state index in [1.165, 1.54) is 0 Å². The van der Waals surface area contributed by atoms with Gasteiger partial charge in [0.25, 0.3) is 5.91 Å². The zero-order valence-corrected chi connectivity index (χ0v) is 10.9. The van der Waals surface area contributed by atoms with Crippen LogP contribution in [0.25, 0.3) is 0 Å². The summed E-state index contributed by atoms with van der Waals surface area (Å²) < 4.78 is 5.19. The summed E-state index contributed by atoms with van der Waals surface area (Å²) in [4.78, 5) is 15.8. The van der Waals surface area contributed by atoms with Gasteiger partial charge >= 0.3 is 0 Å². The van der Waals surface area contributed by atoms with Gasteiger partial charge in [-0.2, -0.15) is 0 Å². The van der Waals surface area contributed by atoms with Crippen LogP contribution in [0.1, 0.15) is 12.8 Å². The van der Waals surface area contributed by atoms with Crippen molar-refractivity contribution in [1.82, 2.24) is 10.9 Å². The minimum Gasteiger partial charge on any atom is -0.495 e. The maximum atomic E-state index is 11.6. The molecule has 0 fully saturated rings. The fourth-order valence-electron chi connectivity index (χ4n) is 1.79. The first kappa shape index (κ1) is 13.2. The minimum atomic E-state index is -0.152. The number of hydrazine groups is 1. The molecule has 0 spiro atoms. The first-order valence-corrected chi connectivity index (χ1v) is 6.24. The number of para-hydroxylation sites is 2. The zero-order chi connectivity index (χ0) is 13.5. The van der Waals surface area contributed by atoms with Crippen LogP contribution < -0.4 is 20.9 Å². The number of benzene rings is 1. The quantitative estimate of drug-likeness (QED) is 0.705. The second-order valence-electron chi connectivity index (χ2n) is 4.16. The number of rotatable bonds is 4. The summed E-state index contributed by atoms with van der Waals surface area (Å²) >= 11 is 0. The van der Waals surface area contributed by atoms with Crippen LogP contribution in [0.3, 0.4) is 0 Å². The molecule has 6 nitrogen and oxygen atoms in total. The van der Waals surface area contributed by atoms with Crippen LogP contribution in [0.2, 0.25) is 0 Å². The van der Waals surface area contributed by atoms with Gasteiger partial charge in [-0.15, -0.1) is 0 Å². The Morgan fingerprint density at radius 3 is 3.00 bits per heavy atom. The summed E-state index contributed by atoms with van der Waals surface area (Å²) in [6.45, 7) is 0.998. The van der Waals surface area contributed by atoms with Gasteiger partial charge in [0.15, 0.2) is 0 Å². The van der Waals surface area contributed by atoms with Crippen molar-refractivity contribution in [2.75, 3.05) is 25.5 Å². The number of methoxy groups -OCH3 is 1. The van der Waals surface area contributed by atoms with Gasteiger partial charge in [0.2, 0.25) is 0 Å². The number of anilines is 1. The Balaban J connectivity index is 1.76. The number of amides is 1. The molecule has 19 heavy (non-hydrogen) atoms. The lowest BCUT2D eigenvalue weighted by Crippen LogP contribution is -2.43. The van der Waals surface area contributed by atoms with Crippen molar-refractivity contribution in [3.05, 3.63) is 24.3 Å². The van der Waals surface area contributed by atoms with E-state index in [-0.39, 0.29) is 12.5 Å². The zero-order valence-electron chi connectivity index (χ0n) is 10.9.